The summed E-state index contributed by atoms with van der Waals surface area (Å²) in [7, 11) is 0. The van der Waals surface area contributed by atoms with Crippen LogP contribution in [0.2, 0.25) is 0 Å². The maximum Gasteiger partial charge on any atom is 0.242 e. The van der Waals surface area contributed by atoms with E-state index in [0.717, 1.165) is 13.0 Å². The maximum atomic E-state index is 13.2. The Kier molecular flexibility index (Phi) is 5.21. The molecule has 2 heterocycles. The first-order chi connectivity index (χ1) is 13.5. The van der Waals surface area contributed by atoms with Gasteiger partial charge in [0.2, 0.25) is 11.8 Å². The number of benzene rings is 2. The van der Waals surface area contributed by atoms with E-state index in [4.69, 9.17) is 0 Å². The van der Waals surface area contributed by atoms with Crippen LogP contribution in [0.3, 0.4) is 0 Å². The monoisotopic (exact) mass is 376 g/mol. The van der Waals surface area contributed by atoms with Crippen molar-refractivity contribution < 1.29 is 9.59 Å². The lowest BCUT2D eigenvalue weighted by atomic mass is 9.85. The average Bonchev–Trinajstić information content (AvgIpc) is 2.72. The fourth-order valence-corrected chi connectivity index (χ4v) is 4.62. The van der Waals surface area contributed by atoms with Crippen LogP contribution < -0.4 is 0 Å². The molecule has 4 heteroatoms. The van der Waals surface area contributed by atoms with Crippen molar-refractivity contribution in [1.82, 2.24) is 9.80 Å². The van der Waals surface area contributed by atoms with Crippen molar-refractivity contribution in [3.63, 3.8) is 0 Å². The molecule has 2 unspecified atom stereocenters. The summed E-state index contributed by atoms with van der Waals surface area (Å²) in [4.78, 5) is 29.7. The molecule has 0 aliphatic carbocycles. The van der Waals surface area contributed by atoms with Gasteiger partial charge >= 0.3 is 0 Å². The smallest absolute Gasteiger partial charge is 0.242 e. The van der Waals surface area contributed by atoms with Gasteiger partial charge in [-0.2, -0.15) is 0 Å². The van der Waals surface area contributed by atoms with Crippen LogP contribution in [0.5, 0.6) is 0 Å². The maximum absolute atomic E-state index is 13.2. The van der Waals surface area contributed by atoms with Crippen LogP contribution in [0.4, 0.5) is 0 Å². The van der Waals surface area contributed by atoms with Crippen LogP contribution in [0.25, 0.3) is 0 Å². The molecule has 2 amide bonds. The number of carbonyl (C=O) groups excluding carboxylic acids is 2. The van der Waals surface area contributed by atoms with Crippen LogP contribution >= 0.6 is 0 Å². The van der Waals surface area contributed by atoms with Gasteiger partial charge in [0.1, 0.15) is 0 Å². The van der Waals surface area contributed by atoms with Crippen molar-refractivity contribution in [1.29, 1.82) is 0 Å². The zero-order chi connectivity index (χ0) is 19.7. The Bertz CT molecular complexity index is 862. The van der Waals surface area contributed by atoms with Crippen LogP contribution in [-0.4, -0.2) is 41.2 Å². The molecule has 0 radical (unpaired) electrons. The molecule has 2 aliphatic rings. The first kappa shape index (κ1) is 18.7. The highest BCUT2D eigenvalue weighted by Crippen LogP contribution is 2.34. The first-order valence-corrected chi connectivity index (χ1v) is 10.2. The molecule has 2 aromatic rings. The molecule has 0 aromatic heterocycles. The zero-order valence-electron chi connectivity index (χ0n) is 16.7. The normalized spacial score (nSPS) is 20.0. The molecule has 2 atom stereocenters. The summed E-state index contributed by atoms with van der Waals surface area (Å²) >= 11 is 0. The topological polar surface area (TPSA) is 40.6 Å². The minimum atomic E-state index is -0.00984. The highest BCUT2D eigenvalue weighted by atomic mass is 16.2. The summed E-state index contributed by atoms with van der Waals surface area (Å²) in [6.45, 7) is 5.87. The highest BCUT2D eigenvalue weighted by Gasteiger charge is 2.38. The van der Waals surface area contributed by atoms with Crippen LogP contribution in [0.1, 0.15) is 48.9 Å². The number of carbonyl (C=O) groups is 2. The lowest BCUT2D eigenvalue weighted by Crippen LogP contribution is -2.55. The van der Waals surface area contributed by atoms with Crippen molar-refractivity contribution >= 4 is 11.8 Å². The Morgan fingerprint density at radius 2 is 1.79 bits per heavy atom. The molecular weight excluding hydrogens is 348 g/mol. The molecule has 0 bridgehead atoms. The van der Waals surface area contributed by atoms with Gasteiger partial charge in [-0.1, -0.05) is 68.4 Å². The summed E-state index contributed by atoms with van der Waals surface area (Å²) in [5.41, 5.74) is 3.69. The molecule has 146 valence electrons. The Morgan fingerprint density at radius 1 is 1.07 bits per heavy atom. The third-order valence-electron chi connectivity index (χ3n) is 6.23. The van der Waals surface area contributed by atoms with Crippen molar-refractivity contribution in [2.24, 2.45) is 5.92 Å². The lowest BCUT2D eigenvalue weighted by Gasteiger charge is -2.44. The second-order valence-corrected chi connectivity index (χ2v) is 8.29. The third-order valence-corrected chi connectivity index (χ3v) is 6.23. The van der Waals surface area contributed by atoms with E-state index in [0.29, 0.717) is 18.9 Å². The third kappa shape index (κ3) is 3.56. The van der Waals surface area contributed by atoms with E-state index in [-0.39, 0.29) is 30.3 Å². The number of rotatable bonds is 4. The van der Waals surface area contributed by atoms with Gasteiger partial charge in [-0.25, -0.2) is 0 Å². The lowest BCUT2D eigenvalue weighted by molar-refractivity contribution is -0.149. The Morgan fingerprint density at radius 3 is 2.54 bits per heavy atom. The zero-order valence-corrected chi connectivity index (χ0v) is 16.7. The van der Waals surface area contributed by atoms with Gasteiger partial charge < -0.3 is 9.80 Å². The van der Waals surface area contributed by atoms with Gasteiger partial charge in [0.25, 0.3) is 0 Å². The summed E-state index contributed by atoms with van der Waals surface area (Å²) in [5, 5.41) is 0. The second kappa shape index (κ2) is 7.78. The fraction of sp³-hybridized carbons (Fsp3) is 0.417. The summed E-state index contributed by atoms with van der Waals surface area (Å²) < 4.78 is 0. The molecule has 4 rings (SSSR count). The molecule has 0 saturated carbocycles. The number of hydrogen-bond acceptors (Lipinski definition) is 2. The van der Waals surface area contributed by atoms with E-state index in [2.05, 4.69) is 44.2 Å². The predicted molar refractivity (Wildman–Crippen MR) is 110 cm³/mol. The number of hydrogen-bond donors (Lipinski definition) is 0. The first-order valence-electron chi connectivity index (χ1n) is 10.2. The Labute approximate surface area is 167 Å². The van der Waals surface area contributed by atoms with Crippen molar-refractivity contribution in [2.75, 3.05) is 19.6 Å². The molecule has 1 saturated heterocycles. The van der Waals surface area contributed by atoms with E-state index in [9.17, 15) is 9.59 Å². The van der Waals surface area contributed by atoms with Crippen LogP contribution in [-0.2, 0) is 16.0 Å². The molecule has 28 heavy (non-hydrogen) atoms. The van der Waals surface area contributed by atoms with Crippen molar-refractivity contribution in [3.05, 3.63) is 71.3 Å². The van der Waals surface area contributed by atoms with Gasteiger partial charge in [0.15, 0.2) is 0 Å². The number of fused-ring (bicyclic) bond motifs is 3. The van der Waals surface area contributed by atoms with E-state index < -0.39 is 0 Å². The molecular formula is C24H28N2O2. The van der Waals surface area contributed by atoms with E-state index in [1.807, 2.05) is 29.2 Å². The molecule has 4 nitrogen and oxygen atoms in total. The molecule has 0 N–H and O–H groups in total. The van der Waals surface area contributed by atoms with E-state index in [1.165, 1.54) is 16.7 Å². The predicted octanol–water partition coefficient (Wildman–Crippen LogP) is 3.78. The number of amides is 2. The van der Waals surface area contributed by atoms with E-state index >= 15 is 0 Å². The van der Waals surface area contributed by atoms with Crippen molar-refractivity contribution in [2.45, 2.75) is 38.6 Å². The second-order valence-electron chi connectivity index (χ2n) is 8.29. The molecule has 1 fully saturated rings. The van der Waals surface area contributed by atoms with Gasteiger partial charge in [0, 0.05) is 19.5 Å². The molecule has 0 spiro atoms. The van der Waals surface area contributed by atoms with Gasteiger partial charge in [-0.15, -0.1) is 0 Å². The molecule has 2 aromatic carbocycles. The quantitative estimate of drug-likeness (QED) is 0.815. The van der Waals surface area contributed by atoms with Gasteiger partial charge in [0.05, 0.1) is 12.6 Å². The van der Waals surface area contributed by atoms with Crippen LogP contribution in [0.15, 0.2) is 54.6 Å². The minimum Gasteiger partial charge on any atom is -0.332 e. The Hall–Kier alpha value is -2.62. The van der Waals surface area contributed by atoms with E-state index in [1.54, 1.807) is 4.90 Å². The molecule has 2 aliphatic heterocycles. The summed E-state index contributed by atoms with van der Waals surface area (Å²) in [6.07, 6.45) is 1.35. The number of piperazine rings is 1. The van der Waals surface area contributed by atoms with Gasteiger partial charge in [-0.3, -0.25) is 9.59 Å². The minimum absolute atomic E-state index is 0.00984. The highest BCUT2D eigenvalue weighted by molar-refractivity contribution is 5.87. The van der Waals surface area contributed by atoms with Gasteiger partial charge in [-0.05, 0) is 34.9 Å². The average molecular weight is 377 g/mol. The largest absolute Gasteiger partial charge is 0.332 e. The summed E-state index contributed by atoms with van der Waals surface area (Å²) in [5.74, 6) is 0.678. The number of nitrogens with zero attached hydrogens (tertiary/aromatic N) is 2. The standard InChI is InChI=1S/C24H28N2O2/c1-17(2)21(18-8-4-3-5-9-18)14-23(27)25-15-22-20-11-7-6-10-19(20)12-13-26(22)24(28)16-25/h3-11,17,21-22H,12-16H2,1-2H3. The fourth-order valence-electron chi connectivity index (χ4n) is 4.62. The Balaban J connectivity index is 1.53. The SMILES string of the molecule is CC(C)C(CC(=O)N1CC(=O)N2CCc3ccccc3C2C1)c1ccccc1. The summed E-state index contributed by atoms with van der Waals surface area (Å²) in [6, 6.07) is 18.6. The van der Waals surface area contributed by atoms with Crippen LogP contribution in [0, 0.1) is 5.92 Å². The van der Waals surface area contributed by atoms with Crippen molar-refractivity contribution in [3.8, 4) is 0 Å².